The van der Waals surface area contributed by atoms with E-state index in [0.717, 1.165) is 10.4 Å². The maximum Gasteiger partial charge on any atom is 0.233 e. The van der Waals surface area contributed by atoms with Gasteiger partial charge >= 0.3 is 0 Å². The van der Waals surface area contributed by atoms with Crippen LogP contribution in [-0.2, 0) is 30.2 Å². The Labute approximate surface area is 192 Å². The average molecular weight is 472 g/mol. The summed E-state index contributed by atoms with van der Waals surface area (Å²) in [6.07, 6.45) is 1.78. The number of aromatic nitrogens is 1. The molecular weight excluding hydrogens is 442 g/mol. The van der Waals surface area contributed by atoms with Crippen molar-refractivity contribution in [1.82, 2.24) is 14.8 Å². The third kappa shape index (κ3) is 4.71. The standard InChI is InChI=1S/C24H29N3O3S2/c1-20(28)26-12-14-27(15-13-26)24(29)19-32(30,23-10-5-11-25-23,18-22-9-6-16-31-22)17-21-7-3-2-4-8-21/h2-11,16,25H,12-15,17-19H2,1H3. The molecule has 1 fully saturated rings. The molecular formula is C24H29N3O3S2. The molecule has 2 aromatic heterocycles. The van der Waals surface area contributed by atoms with Gasteiger partial charge in [-0.1, -0.05) is 36.4 Å². The molecule has 1 aliphatic rings. The third-order valence-corrected chi connectivity index (χ3v) is 11.4. The number of benzene rings is 1. The highest BCUT2D eigenvalue weighted by Crippen LogP contribution is 2.43. The molecule has 0 aliphatic carbocycles. The molecule has 0 saturated carbocycles. The summed E-state index contributed by atoms with van der Waals surface area (Å²) < 4.78 is 15.4. The van der Waals surface area contributed by atoms with Crippen molar-refractivity contribution in [2.75, 3.05) is 31.9 Å². The molecule has 3 aromatic rings. The number of carbonyl (C=O) groups is 2. The molecule has 0 atom stereocenters. The first-order valence-corrected chi connectivity index (χ1v) is 14.1. The lowest BCUT2D eigenvalue weighted by molar-refractivity contribution is -0.136. The predicted octanol–water partition coefficient (Wildman–Crippen LogP) is 3.35. The van der Waals surface area contributed by atoms with Gasteiger partial charge in [0.15, 0.2) is 0 Å². The zero-order valence-electron chi connectivity index (χ0n) is 18.2. The van der Waals surface area contributed by atoms with Crippen molar-refractivity contribution in [2.45, 2.75) is 23.5 Å². The zero-order chi connectivity index (χ0) is 22.6. The highest BCUT2D eigenvalue weighted by Gasteiger charge is 2.44. The van der Waals surface area contributed by atoms with Crippen molar-refractivity contribution in [3.05, 3.63) is 76.6 Å². The highest BCUT2D eigenvalue weighted by atomic mass is 32.3. The molecule has 0 unspecified atom stereocenters. The number of nitrogens with one attached hydrogen (secondary N) is 1. The average Bonchev–Trinajstić information content (AvgIpc) is 3.49. The third-order valence-electron chi connectivity index (χ3n) is 6.06. The summed E-state index contributed by atoms with van der Waals surface area (Å²) in [6, 6.07) is 17.4. The maximum atomic E-state index is 15.4. The lowest BCUT2D eigenvalue weighted by Crippen LogP contribution is -2.54. The Morgan fingerprint density at radius 2 is 1.66 bits per heavy atom. The van der Waals surface area contributed by atoms with Crippen LogP contribution in [0.2, 0.25) is 0 Å². The van der Waals surface area contributed by atoms with Gasteiger partial charge in [-0.2, -0.15) is 0 Å². The van der Waals surface area contributed by atoms with Crippen molar-refractivity contribution >= 4 is 32.2 Å². The number of carbonyl (C=O) groups excluding carboxylic acids is 2. The number of aromatic amines is 1. The molecule has 0 spiro atoms. The van der Waals surface area contributed by atoms with Gasteiger partial charge in [0.1, 0.15) is 0 Å². The smallest absolute Gasteiger partial charge is 0.233 e. The number of H-pyrrole nitrogens is 1. The van der Waals surface area contributed by atoms with Crippen molar-refractivity contribution in [3.8, 4) is 0 Å². The number of thiophene rings is 1. The number of piperazine rings is 1. The number of nitrogens with zero attached hydrogens (tertiary/aromatic N) is 2. The van der Waals surface area contributed by atoms with Gasteiger partial charge in [0.2, 0.25) is 11.8 Å². The van der Waals surface area contributed by atoms with E-state index >= 15 is 4.21 Å². The van der Waals surface area contributed by atoms with Gasteiger partial charge in [0.25, 0.3) is 0 Å². The molecule has 0 bridgehead atoms. The first-order chi connectivity index (χ1) is 15.4. The zero-order valence-corrected chi connectivity index (χ0v) is 19.9. The molecule has 2 amide bonds. The van der Waals surface area contributed by atoms with E-state index in [1.54, 1.807) is 34.3 Å². The van der Waals surface area contributed by atoms with Gasteiger partial charge < -0.3 is 14.8 Å². The van der Waals surface area contributed by atoms with E-state index in [1.165, 1.54) is 0 Å². The second-order valence-corrected chi connectivity index (χ2v) is 13.7. The van der Waals surface area contributed by atoms with Crippen LogP contribution in [0.1, 0.15) is 17.4 Å². The molecule has 6 nitrogen and oxygen atoms in total. The summed E-state index contributed by atoms with van der Waals surface area (Å²) in [5, 5.41) is 2.61. The summed E-state index contributed by atoms with van der Waals surface area (Å²) >= 11 is 1.57. The van der Waals surface area contributed by atoms with Crippen molar-refractivity contribution in [1.29, 1.82) is 0 Å². The van der Waals surface area contributed by atoms with Crippen LogP contribution in [-0.4, -0.2) is 62.7 Å². The van der Waals surface area contributed by atoms with Crippen LogP contribution in [0, 0.1) is 0 Å². The van der Waals surface area contributed by atoms with Gasteiger partial charge in [-0.25, -0.2) is 0 Å². The predicted molar refractivity (Wildman–Crippen MR) is 129 cm³/mol. The summed E-state index contributed by atoms with van der Waals surface area (Å²) in [5.41, 5.74) is 0.949. The Kier molecular flexibility index (Phi) is 6.35. The van der Waals surface area contributed by atoms with Crippen LogP contribution in [0.5, 0.6) is 0 Å². The largest absolute Gasteiger partial charge is 0.356 e. The van der Waals surface area contributed by atoms with Crippen molar-refractivity contribution in [3.63, 3.8) is 0 Å². The van der Waals surface area contributed by atoms with Crippen LogP contribution < -0.4 is 0 Å². The highest BCUT2D eigenvalue weighted by molar-refractivity contribution is 8.19. The van der Waals surface area contributed by atoms with Crippen LogP contribution in [0.15, 0.2) is 71.2 Å². The Hall–Kier alpha value is -2.71. The Bertz CT molecular complexity index is 1120. The quantitative estimate of drug-likeness (QED) is 0.574. The van der Waals surface area contributed by atoms with Gasteiger partial charge in [-0.15, -0.1) is 11.3 Å². The van der Waals surface area contributed by atoms with E-state index < -0.39 is 9.07 Å². The monoisotopic (exact) mass is 471 g/mol. The molecule has 3 heterocycles. The Morgan fingerprint density at radius 3 is 2.25 bits per heavy atom. The van der Waals surface area contributed by atoms with Gasteiger partial charge in [0.05, 0.1) is 10.8 Å². The van der Waals surface area contributed by atoms with Crippen molar-refractivity contribution < 1.29 is 13.8 Å². The van der Waals surface area contributed by atoms with Gasteiger partial charge in [-0.05, 0) is 38.2 Å². The fraction of sp³-hybridized carbons (Fsp3) is 0.333. The van der Waals surface area contributed by atoms with Crippen LogP contribution in [0.25, 0.3) is 0 Å². The molecule has 0 radical (unpaired) electrons. The van der Waals surface area contributed by atoms with E-state index in [0.29, 0.717) is 42.7 Å². The Morgan fingerprint density at radius 1 is 0.938 bits per heavy atom. The molecule has 8 heteroatoms. The van der Waals surface area contributed by atoms with E-state index in [4.69, 9.17) is 0 Å². The normalized spacial score (nSPS) is 15.8. The Balaban J connectivity index is 1.70. The SMILES string of the molecule is CC(=O)N1CCN(C(=O)CS(=O)(Cc2ccccc2)(Cc2cccs2)c2ccc[nH]2)CC1. The minimum atomic E-state index is -3.70. The minimum absolute atomic E-state index is 0.0206. The summed E-state index contributed by atoms with van der Waals surface area (Å²) in [5.74, 6) is 0.475. The molecule has 4 rings (SSSR count). The number of amides is 2. The van der Waals surface area contributed by atoms with E-state index in [-0.39, 0.29) is 17.6 Å². The van der Waals surface area contributed by atoms with Gasteiger partial charge in [0, 0.05) is 55.7 Å². The topological polar surface area (TPSA) is 73.5 Å². The minimum Gasteiger partial charge on any atom is -0.356 e. The first-order valence-electron chi connectivity index (χ1n) is 10.7. The molecule has 1 saturated heterocycles. The van der Waals surface area contributed by atoms with Gasteiger partial charge in [-0.3, -0.25) is 13.8 Å². The molecule has 32 heavy (non-hydrogen) atoms. The second-order valence-electron chi connectivity index (χ2n) is 8.40. The fourth-order valence-electron chi connectivity index (χ4n) is 4.36. The van der Waals surface area contributed by atoms with E-state index in [1.807, 2.05) is 60.0 Å². The number of rotatable bonds is 7. The van der Waals surface area contributed by atoms with Crippen LogP contribution in [0.4, 0.5) is 0 Å². The fourth-order valence-corrected chi connectivity index (χ4v) is 9.98. The van der Waals surface area contributed by atoms with E-state index in [2.05, 4.69) is 4.98 Å². The van der Waals surface area contributed by atoms with E-state index in [9.17, 15) is 9.59 Å². The van der Waals surface area contributed by atoms with Crippen LogP contribution in [0.3, 0.4) is 0 Å². The second kappa shape index (κ2) is 9.03. The maximum absolute atomic E-state index is 15.4. The van der Waals surface area contributed by atoms with Crippen molar-refractivity contribution in [2.24, 2.45) is 0 Å². The lowest BCUT2D eigenvalue weighted by Gasteiger charge is -2.43. The summed E-state index contributed by atoms with van der Waals surface area (Å²) in [4.78, 5) is 32.9. The molecule has 170 valence electrons. The molecule has 1 aromatic carbocycles. The first kappa shape index (κ1) is 22.5. The van der Waals surface area contributed by atoms with Crippen LogP contribution >= 0.6 is 11.3 Å². The number of hydrogen-bond donors (Lipinski definition) is 1. The molecule has 1 aliphatic heterocycles. The summed E-state index contributed by atoms with van der Waals surface area (Å²) in [6.45, 7) is 3.51. The summed E-state index contributed by atoms with van der Waals surface area (Å²) in [7, 11) is -3.70. The molecule has 1 N–H and O–H groups in total. The lowest BCUT2D eigenvalue weighted by atomic mass is 10.2. The number of hydrogen-bond acceptors (Lipinski definition) is 4.